The van der Waals surface area contributed by atoms with E-state index in [-0.39, 0.29) is 18.9 Å². The van der Waals surface area contributed by atoms with E-state index in [2.05, 4.69) is 5.32 Å². The Balaban J connectivity index is 1.65. The number of benzene rings is 2. The number of rotatable bonds is 10. The lowest BCUT2D eigenvalue weighted by Crippen LogP contribution is -2.38. The number of amides is 1. The van der Waals surface area contributed by atoms with Crippen LogP contribution in [0, 0.1) is 5.92 Å². The maximum atomic E-state index is 13.7. The van der Waals surface area contributed by atoms with Gasteiger partial charge in [-0.15, -0.1) is 0 Å². The van der Waals surface area contributed by atoms with Gasteiger partial charge in [-0.25, -0.2) is 9.79 Å². The number of nitrogens with one attached hydrogen (secondary N) is 1. The van der Waals surface area contributed by atoms with E-state index in [1.165, 1.54) is 11.8 Å². The van der Waals surface area contributed by atoms with Crippen LogP contribution in [0.1, 0.15) is 43.4 Å². The molecule has 1 aliphatic carbocycles. The number of amidine groups is 1. The molecule has 0 aromatic heterocycles. The number of methoxy groups -OCH3 is 2. The van der Waals surface area contributed by atoms with Crippen molar-refractivity contribution < 1.29 is 23.8 Å². The Morgan fingerprint density at radius 3 is 2.58 bits per heavy atom. The van der Waals surface area contributed by atoms with Gasteiger partial charge in [-0.05, 0) is 49.3 Å². The van der Waals surface area contributed by atoms with Gasteiger partial charge < -0.3 is 24.4 Å². The van der Waals surface area contributed by atoms with Crippen LogP contribution in [0.3, 0.4) is 0 Å². The second-order valence-electron chi connectivity index (χ2n) is 9.27. The van der Waals surface area contributed by atoms with E-state index in [1.807, 2.05) is 58.8 Å². The molecule has 198 valence electrons. The third kappa shape index (κ3) is 5.29. The topological polar surface area (TPSA) is 89.5 Å². The molecule has 2 aromatic carbocycles. The minimum absolute atomic E-state index is 0.0584. The average Bonchev–Trinajstić information content (AvgIpc) is 3.70. The Morgan fingerprint density at radius 1 is 1.11 bits per heavy atom. The van der Waals surface area contributed by atoms with Crippen molar-refractivity contribution in [2.75, 3.05) is 27.4 Å². The van der Waals surface area contributed by atoms with Crippen LogP contribution >= 0.6 is 11.8 Å². The van der Waals surface area contributed by atoms with Crippen molar-refractivity contribution in [3.8, 4) is 11.5 Å². The van der Waals surface area contributed by atoms with Crippen LogP contribution in [-0.2, 0) is 14.3 Å². The monoisotopic (exact) mass is 533 g/mol. The number of nitrogens with zero attached hydrogens (tertiary/aromatic N) is 2. The molecule has 2 aliphatic heterocycles. The maximum absolute atomic E-state index is 13.7. The van der Waals surface area contributed by atoms with E-state index >= 15 is 0 Å². The lowest BCUT2D eigenvalue weighted by atomic mass is 9.90. The summed E-state index contributed by atoms with van der Waals surface area (Å²) in [6.07, 6.45) is 2.49. The summed E-state index contributed by atoms with van der Waals surface area (Å²) >= 11 is 1.44. The molecule has 0 unspecified atom stereocenters. The highest BCUT2D eigenvalue weighted by Crippen LogP contribution is 2.49. The lowest BCUT2D eigenvalue weighted by Gasteiger charge is -2.37. The Morgan fingerprint density at radius 2 is 1.89 bits per heavy atom. The number of esters is 1. The van der Waals surface area contributed by atoms with Gasteiger partial charge in [0.1, 0.15) is 11.5 Å². The van der Waals surface area contributed by atoms with Crippen LogP contribution in [0.25, 0.3) is 5.70 Å². The summed E-state index contributed by atoms with van der Waals surface area (Å²) in [7, 11) is 3.19. The van der Waals surface area contributed by atoms with Gasteiger partial charge >= 0.3 is 5.97 Å². The average molecular weight is 534 g/mol. The van der Waals surface area contributed by atoms with Gasteiger partial charge in [-0.1, -0.05) is 42.1 Å². The van der Waals surface area contributed by atoms with Gasteiger partial charge in [0.15, 0.2) is 5.17 Å². The number of hydrogen-bond donors (Lipinski definition) is 1. The third-order valence-corrected chi connectivity index (χ3v) is 7.60. The summed E-state index contributed by atoms with van der Waals surface area (Å²) in [5.74, 6) is 1.25. The molecule has 9 heteroatoms. The highest BCUT2D eigenvalue weighted by molar-refractivity contribution is 8.16. The summed E-state index contributed by atoms with van der Waals surface area (Å²) < 4.78 is 16.9. The van der Waals surface area contributed by atoms with Crippen LogP contribution in [0.15, 0.2) is 70.2 Å². The van der Waals surface area contributed by atoms with Crippen LogP contribution in [0.2, 0.25) is 0 Å². The van der Waals surface area contributed by atoms with Gasteiger partial charge in [0, 0.05) is 23.4 Å². The van der Waals surface area contributed by atoms with Crippen molar-refractivity contribution in [3.05, 3.63) is 76.3 Å². The number of fused-ring (bicyclic) bond motifs is 1. The highest BCUT2D eigenvalue weighted by Gasteiger charge is 2.43. The van der Waals surface area contributed by atoms with Crippen LogP contribution < -0.4 is 14.8 Å². The molecule has 0 saturated heterocycles. The zero-order valence-electron chi connectivity index (χ0n) is 21.7. The van der Waals surface area contributed by atoms with Crippen LogP contribution in [-0.4, -0.2) is 49.3 Å². The summed E-state index contributed by atoms with van der Waals surface area (Å²) in [5, 5.41) is 5.66. The van der Waals surface area contributed by atoms with Gasteiger partial charge in [0.05, 0.1) is 44.6 Å². The predicted octanol–water partition coefficient (Wildman–Crippen LogP) is 4.90. The van der Waals surface area contributed by atoms with Crippen molar-refractivity contribution in [3.63, 3.8) is 0 Å². The molecule has 5 rings (SSSR count). The fraction of sp³-hybridized carbons (Fsp3) is 0.345. The first kappa shape index (κ1) is 25.9. The zero-order chi connectivity index (χ0) is 26.6. The number of ether oxygens (including phenoxy) is 3. The number of thioether (sulfide) groups is 1. The molecule has 0 radical (unpaired) electrons. The second-order valence-corrected chi connectivity index (χ2v) is 10.1. The van der Waals surface area contributed by atoms with E-state index in [0.717, 1.165) is 24.1 Å². The number of carbonyl (C=O) groups is 2. The molecule has 1 amide bonds. The molecular formula is C29H31N3O5S. The molecule has 1 atom stereocenters. The molecule has 1 N–H and O–H groups in total. The molecule has 0 spiro atoms. The van der Waals surface area contributed by atoms with E-state index in [0.29, 0.717) is 46.0 Å². The molecule has 8 nitrogen and oxygen atoms in total. The van der Waals surface area contributed by atoms with Crippen molar-refractivity contribution in [2.45, 2.75) is 32.2 Å². The van der Waals surface area contributed by atoms with Crippen LogP contribution in [0.5, 0.6) is 11.5 Å². The predicted molar refractivity (Wildman–Crippen MR) is 148 cm³/mol. The summed E-state index contributed by atoms with van der Waals surface area (Å²) in [5.41, 5.74) is 3.17. The standard InChI is InChI=1S/C29H31N3O5S/c1-4-37-28(34)25-26(19-8-6-5-7-9-19)31-29-32(20(17-38-29)14-24(33)30-16-18-10-11-18)27(25)22-15-21(35-2)12-13-23(22)36-3/h5-9,12-13,15,17-18,27H,4,10-11,14,16H2,1-3H3,(H,30,33)/t27-/m1/s1. The van der Waals surface area contributed by atoms with E-state index in [9.17, 15) is 9.59 Å². The SMILES string of the molecule is CCOC(=O)C1=C(c2ccccc2)N=C2SC=C(CC(=O)NCC3CC3)N2[C@@H]1c1cc(OC)ccc1OC. The molecule has 2 heterocycles. The summed E-state index contributed by atoms with van der Waals surface area (Å²) in [6, 6.07) is 14.4. The molecule has 3 aliphatic rings. The fourth-order valence-electron chi connectivity index (χ4n) is 4.64. The summed E-state index contributed by atoms with van der Waals surface area (Å²) in [4.78, 5) is 33.5. The Hall–Kier alpha value is -3.72. The van der Waals surface area contributed by atoms with E-state index in [4.69, 9.17) is 19.2 Å². The van der Waals surface area contributed by atoms with Crippen molar-refractivity contribution in [1.29, 1.82) is 0 Å². The van der Waals surface area contributed by atoms with Crippen molar-refractivity contribution in [1.82, 2.24) is 10.2 Å². The molecule has 38 heavy (non-hydrogen) atoms. The first-order valence-electron chi connectivity index (χ1n) is 12.7. The molecule has 2 aromatic rings. The van der Waals surface area contributed by atoms with Crippen molar-refractivity contribution in [2.24, 2.45) is 10.9 Å². The number of hydrogen-bond acceptors (Lipinski definition) is 8. The largest absolute Gasteiger partial charge is 0.497 e. The number of aliphatic imine (C=N–C) groups is 1. The normalized spacial score (nSPS) is 18.4. The van der Waals surface area contributed by atoms with E-state index < -0.39 is 12.0 Å². The zero-order valence-corrected chi connectivity index (χ0v) is 22.5. The highest BCUT2D eigenvalue weighted by atomic mass is 32.2. The third-order valence-electron chi connectivity index (χ3n) is 6.71. The van der Waals surface area contributed by atoms with Gasteiger partial charge in [0.2, 0.25) is 5.91 Å². The minimum Gasteiger partial charge on any atom is -0.497 e. The van der Waals surface area contributed by atoms with Gasteiger partial charge in [0.25, 0.3) is 0 Å². The molecular weight excluding hydrogens is 502 g/mol. The second kappa shape index (κ2) is 11.3. The minimum atomic E-state index is -0.653. The van der Waals surface area contributed by atoms with Crippen LogP contribution in [0.4, 0.5) is 0 Å². The smallest absolute Gasteiger partial charge is 0.338 e. The lowest BCUT2D eigenvalue weighted by molar-refractivity contribution is -0.139. The fourth-order valence-corrected chi connectivity index (χ4v) is 5.56. The van der Waals surface area contributed by atoms with Gasteiger partial charge in [-0.2, -0.15) is 0 Å². The Bertz CT molecular complexity index is 1320. The molecule has 1 saturated carbocycles. The Kier molecular flexibility index (Phi) is 7.74. The maximum Gasteiger partial charge on any atom is 0.338 e. The first-order chi connectivity index (χ1) is 18.5. The summed E-state index contributed by atoms with van der Waals surface area (Å²) in [6.45, 7) is 2.68. The first-order valence-corrected chi connectivity index (χ1v) is 13.6. The molecule has 0 bridgehead atoms. The van der Waals surface area contributed by atoms with Gasteiger partial charge in [-0.3, -0.25) is 4.79 Å². The quantitative estimate of drug-likeness (QED) is 0.435. The molecule has 1 fully saturated rings. The Labute approximate surface area is 226 Å². The number of carbonyl (C=O) groups excluding carboxylic acids is 2. The van der Waals surface area contributed by atoms with Crippen molar-refractivity contribution >= 4 is 34.5 Å². The van der Waals surface area contributed by atoms with E-state index in [1.54, 1.807) is 21.1 Å².